The topological polar surface area (TPSA) is 129 Å². The number of hydrogen-bond donors (Lipinski definition) is 3. The highest BCUT2D eigenvalue weighted by atomic mass is 16.9. The standard InChI is InChI=1S/C24H50N4O5/c1-5-6-7-8-9-12-16-21(24(31-2,32-3)33-4)17-15-20-28(23(26)30)19-14-11-10-13-18-27-22(25)29/h21H,5-20H2,1-4H3,(H2,26,30)(H3,25,27,29). The Balaban J connectivity index is 4.54. The predicted molar refractivity (Wildman–Crippen MR) is 132 cm³/mol. The van der Waals surface area contributed by atoms with Crippen molar-refractivity contribution in [3.05, 3.63) is 0 Å². The van der Waals surface area contributed by atoms with Gasteiger partial charge in [0.05, 0.1) is 0 Å². The van der Waals surface area contributed by atoms with Gasteiger partial charge in [0.25, 0.3) is 5.97 Å². The summed E-state index contributed by atoms with van der Waals surface area (Å²) in [5.74, 6) is -1.00. The molecule has 0 rings (SSSR count). The van der Waals surface area contributed by atoms with Crippen molar-refractivity contribution < 1.29 is 23.8 Å². The fourth-order valence-corrected chi connectivity index (χ4v) is 4.27. The molecule has 0 spiro atoms. The molecule has 0 aromatic heterocycles. The van der Waals surface area contributed by atoms with E-state index in [2.05, 4.69) is 12.2 Å². The lowest BCUT2D eigenvalue weighted by molar-refractivity contribution is -0.380. The van der Waals surface area contributed by atoms with Gasteiger partial charge in [-0.05, 0) is 32.1 Å². The van der Waals surface area contributed by atoms with Gasteiger partial charge in [-0.25, -0.2) is 9.59 Å². The summed E-state index contributed by atoms with van der Waals surface area (Å²) in [7, 11) is 4.82. The molecule has 33 heavy (non-hydrogen) atoms. The number of urea groups is 2. The van der Waals surface area contributed by atoms with Crippen LogP contribution < -0.4 is 16.8 Å². The SMILES string of the molecule is CCCCCCCCC(CCCN(CCCCCCNC(N)=O)C(N)=O)C(OC)(OC)OC. The fourth-order valence-electron chi connectivity index (χ4n) is 4.27. The summed E-state index contributed by atoms with van der Waals surface area (Å²) in [6, 6.07) is -0.890. The van der Waals surface area contributed by atoms with E-state index in [0.29, 0.717) is 19.6 Å². The number of hydrogen-bond acceptors (Lipinski definition) is 5. The summed E-state index contributed by atoms with van der Waals surface area (Å²) < 4.78 is 16.9. The van der Waals surface area contributed by atoms with Crippen LogP contribution in [0.1, 0.15) is 90.4 Å². The lowest BCUT2D eigenvalue weighted by atomic mass is 9.92. The molecular weight excluding hydrogens is 424 g/mol. The minimum absolute atomic E-state index is 0.0659. The van der Waals surface area contributed by atoms with Gasteiger partial charge in [-0.1, -0.05) is 58.3 Å². The second-order valence-electron chi connectivity index (χ2n) is 8.64. The van der Waals surface area contributed by atoms with Crippen molar-refractivity contribution in [2.24, 2.45) is 17.4 Å². The minimum atomic E-state index is -1.07. The molecule has 0 aliphatic rings. The van der Waals surface area contributed by atoms with Crippen LogP contribution in [0.4, 0.5) is 9.59 Å². The molecule has 4 amide bonds. The fraction of sp³-hybridized carbons (Fsp3) is 0.917. The van der Waals surface area contributed by atoms with E-state index in [1.807, 2.05) is 0 Å². The summed E-state index contributed by atoms with van der Waals surface area (Å²) in [6.45, 7) is 4.03. The van der Waals surface area contributed by atoms with Gasteiger partial charge in [0.15, 0.2) is 0 Å². The summed E-state index contributed by atoms with van der Waals surface area (Å²) in [5.41, 5.74) is 10.7. The number of amides is 4. The Morgan fingerprint density at radius 1 is 0.788 bits per heavy atom. The monoisotopic (exact) mass is 474 g/mol. The van der Waals surface area contributed by atoms with Crippen molar-refractivity contribution in [1.82, 2.24) is 10.2 Å². The van der Waals surface area contributed by atoms with E-state index in [4.69, 9.17) is 25.7 Å². The molecule has 0 aliphatic carbocycles. The molecular formula is C24H50N4O5. The smallest absolute Gasteiger partial charge is 0.314 e. The van der Waals surface area contributed by atoms with E-state index < -0.39 is 18.0 Å². The first-order valence-corrected chi connectivity index (χ1v) is 12.6. The van der Waals surface area contributed by atoms with Gasteiger partial charge >= 0.3 is 12.1 Å². The molecule has 0 aromatic rings. The molecule has 0 aromatic carbocycles. The average molecular weight is 475 g/mol. The van der Waals surface area contributed by atoms with Crippen molar-refractivity contribution in [2.45, 2.75) is 96.4 Å². The molecule has 9 nitrogen and oxygen atoms in total. The van der Waals surface area contributed by atoms with Crippen LogP contribution in [0.5, 0.6) is 0 Å². The molecule has 1 unspecified atom stereocenters. The predicted octanol–water partition coefficient (Wildman–Crippen LogP) is 4.34. The molecule has 0 bridgehead atoms. The highest BCUT2D eigenvalue weighted by molar-refractivity contribution is 5.72. The van der Waals surface area contributed by atoms with Crippen LogP contribution in [0.2, 0.25) is 0 Å². The second-order valence-corrected chi connectivity index (χ2v) is 8.64. The first-order valence-electron chi connectivity index (χ1n) is 12.6. The molecule has 0 radical (unpaired) electrons. The number of carbonyl (C=O) groups excluding carboxylic acids is 2. The van der Waals surface area contributed by atoms with Crippen molar-refractivity contribution in [3.8, 4) is 0 Å². The zero-order valence-electron chi connectivity index (χ0n) is 21.5. The Bertz CT molecular complexity index is 495. The molecule has 196 valence electrons. The van der Waals surface area contributed by atoms with Crippen molar-refractivity contribution in [2.75, 3.05) is 41.0 Å². The van der Waals surface area contributed by atoms with Crippen LogP contribution in [-0.2, 0) is 14.2 Å². The van der Waals surface area contributed by atoms with Crippen molar-refractivity contribution >= 4 is 12.1 Å². The van der Waals surface area contributed by atoms with E-state index in [9.17, 15) is 9.59 Å². The van der Waals surface area contributed by atoms with Crippen LogP contribution >= 0.6 is 0 Å². The zero-order valence-corrected chi connectivity index (χ0v) is 21.5. The number of nitrogens with two attached hydrogens (primary N) is 2. The lowest BCUT2D eigenvalue weighted by Crippen LogP contribution is -2.44. The Kier molecular flexibility index (Phi) is 18.9. The Morgan fingerprint density at radius 2 is 1.30 bits per heavy atom. The average Bonchev–Trinajstić information content (AvgIpc) is 2.79. The third kappa shape index (κ3) is 14.3. The number of nitrogens with one attached hydrogen (secondary N) is 1. The van der Waals surface area contributed by atoms with E-state index in [1.165, 1.54) is 32.1 Å². The maximum atomic E-state index is 11.9. The second kappa shape index (κ2) is 19.9. The summed E-state index contributed by atoms with van der Waals surface area (Å²) >= 11 is 0. The van der Waals surface area contributed by atoms with Gasteiger partial charge in [-0.2, -0.15) is 0 Å². The number of unbranched alkanes of at least 4 members (excludes halogenated alkanes) is 8. The highest BCUT2D eigenvalue weighted by Crippen LogP contribution is 2.32. The number of primary amides is 2. The Labute approximate surface area is 201 Å². The number of rotatable bonds is 22. The molecule has 0 fully saturated rings. The number of methoxy groups -OCH3 is 3. The molecule has 1 atom stereocenters. The maximum absolute atomic E-state index is 11.9. The van der Waals surface area contributed by atoms with Crippen LogP contribution in [-0.4, -0.2) is 63.9 Å². The van der Waals surface area contributed by atoms with E-state index in [-0.39, 0.29) is 5.92 Å². The quantitative estimate of drug-likeness (QED) is 0.159. The largest absolute Gasteiger partial charge is 0.352 e. The molecule has 0 saturated heterocycles. The van der Waals surface area contributed by atoms with Crippen molar-refractivity contribution in [3.63, 3.8) is 0 Å². The summed E-state index contributed by atoms with van der Waals surface area (Å²) in [4.78, 5) is 24.3. The summed E-state index contributed by atoms with van der Waals surface area (Å²) in [5, 5.41) is 2.58. The van der Waals surface area contributed by atoms with Crippen LogP contribution in [0.15, 0.2) is 0 Å². The van der Waals surface area contributed by atoms with E-state index in [1.54, 1.807) is 26.2 Å². The van der Waals surface area contributed by atoms with Crippen LogP contribution in [0.25, 0.3) is 0 Å². The highest BCUT2D eigenvalue weighted by Gasteiger charge is 2.39. The summed E-state index contributed by atoms with van der Waals surface area (Å²) in [6.07, 6.45) is 13.5. The first kappa shape index (κ1) is 31.4. The van der Waals surface area contributed by atoms with E-state index in [0.717, 1.165) is 51.4 Å². The number of nitrogens with zero attached hydrogens (tertiary/aromatic N) is 1. The van der Waals surface area contributed by atoms with Gasteiger partial charge < -0.3 is 35.9 Å². The van der Waals surface area contributed by atoms with Crippen LogP contribution in [0.3, 0.4) is 0 Å². The first-order chi connectivity index (χ1) is 15.9. The normalized spacial score (nSPS) is 12.5. The minimum Gasteiger partial charge on any atom is -0.352 e. The van der Waals surface area contributed by atoms with Crippen LogP contribution in [0, 0.1) is 5.92 Å². The Hall–Kier alpha value is -1.58. The van der Waals surface area contributed by atoms with Crippen molar-refractivity contribution in [1.29, 1.82) is 0 Å². The molecule has 9 heteroatoms. The third-order valence-corrected chi connectivity index (χ3v) is 6.21. The molecule has 0 aliphatic heterocycles. The van der Waals surface area contributed by atoms with Gasteiger partial charge in [0, 0.05) is 46.9 Å². The molecule has 5 N–H and O–H groups in total. The maximum Gasteiger partial charge on any atom is 0.314 e. The lowest BCUT2D eigenvalue weighted by Gasteiger charge is -2.37. The molecule has 0 saturated carbocycles. The molecule has 0 heterocycles. The number of carbonyl (C=O) groups is 2. The third-order valence-electron chi connectivity index (χ3n) is 6.21. The van der Waals surface area contributed by atoms with Gasteiger partial charge in [0.1, 0.15) is 0 Å². The van der Waals surface area contributed by atoms with E-state index >= 15 is 0 Å². The zero-order chi connectivity index (χ0) is 25.0. The van der Waals surface area contributed by atoms with Gasteiger partial charge in [-0.3, -0.25) is 0 Å². The number of ether oxygens (including phenoxy) is 3. The van der Waals surface area contributed by atoms with Gasteiger partial charge in [0.2, 0.25) is 0 Å². The van der Waals surface area contributed by atoms with Gasteiger partial charge in [-0.15, -0.1) is 0 Å². The Morgan fingerprint density at radius 3 is 1.88 bits per heavy atom.